The van der Waals surface area contributed by atoms with E-state index >= 15 is 0 Å². The second-order valence-corrected chi connectivity index (χ2v) is 14.5. The summed E-state index contributed by atoms with van der Waals surface area (Å²) in [7, 11) is -2.36. The van der Waals surface area contributed by atoms with E-state index in [1.165, 1.54) is 10.7 Å². The topological polar surface area (TPSA) is 89.0 Å². The number of carbonyl (C=O) groups excluding carboxylic acids is 1. The minimum absolute atomic E-state index is 0.117. The lowest BCUT2D eigenvalue weighted by Gasteiger charge is -2.35. The maximum Gasteiger partial charge on any atom is 0.410 e. The fourth-order valence-corrected chi connectivity index (χ4v) is 7.10. The molecule has 8 nitrogen and oxygen atoms in total. The Morgan fingerprint density at radius 3 is 1.91 bits per heavy atom. The van der Waals surface area contributed by atoms with Crippen LogP contribution in [0.2, 0.25) is 0 Å². The number of methoxy groups -OCH3 is 1. The molecular formula is C37H43N3O5S. The highest BCUT2D eigenvalue weighted by atomic mass is 32.2. The quantitative estimate of drug-likeness (QED) is 0.173. The Balaban J connectivity index is 1.32. The molecule has 1 fully saturated rings. The molecule has 5 rings (SSSR count). The van der Waals surface area contributed by atoms with Crippen molar-refractivity contribution in [3.05, 3.63) is 108 Å². The van der Waals surface area contributed by atoms with Crippen molar-refractivity contribution < 1.29 is 22.7 Å². The molecule has 0 spiro atoms. The van der Waals surface area contributed by atoms with E-state index in [4.69, 9.17) is 9.47 Å². The summed E-state index contributed by atoms with van der Waals surface area (Å²) in [6, 6.07) is 27.9. The highest BCUT2D eigenvalue weighted by Gasteiger charge is 2.30. The van der Waals surface area contributed by atoms with Crippen molar-refractivity contribution in [2.75, 3.05) is 11.4 Å². The lowest BCUT2D eigenvalue weighted by atomic mass is 9.94. The van der Waals surface area contributed by atoms with Crippen LogP contribution in [0.25, 0.3) is 11.1 Å². The molecule has 0 N–H and O–H groups in total. The summed E-state index contributed by atoms with van der Waals surface area (Å²) in [6.07, 6.45) is 6.81. The molecule has 1 heterocycles. The lowest BCUT2D eigenvalue weighted by molar-refractivity contribution is 0.00988. The maximum atomic E-state index is 13.8. The lowest BCUT2D eigenvalue weighted by Crippen LogP contribution is -2.43. The number of nitrogens with zero attached hydrogens (tertiary/aromatic N) is 3. The van der Waals surface area contributed by atoms with Crippen LogP contribution in [-0.4, -0.2) is 43.1 Å². The van der Waals surface area contributed by atoms with Crippen molar-refractivity contribution in [1.82, 2.24) is 9.88 Å². The van der Waals surface area contributed by atoms with Crippen molar-refractivity contribution in [2.24, 2.45) is 0 Å². The molecule has 0 radical (unpaired) electrons. The third-order valence-electron chi connectivity index (χ3n) is 8.12. The van der Waals surface area contributed by atoms with Gasteiger partial charge in [-0.15, -0.1) is 0 Å². The van der Waals surface area contributed by atoms with E-state index in [2.05, 4.69) is 29.2 Å². The Morgan fingerprint density at radius 1 is 0.804 bits per heavy atom. The molecule has 3 aromatic carbocycles. The first kappa shape index (κ1) is 33.0. The zero-order chi connectivity index (χ0) is 32.7. The first-order chi connectivity index (χ1) is 22.0. The van der Waals surface area contributed by atoms with Crippen molar-refractivity contribution in [2.45, 2.75) is 82.5 Å². The van der Waals surface area contributed by atoms with Crippen LogP contribution in [0.3, 0.4) is 0 Å². The molecule has 1 aromatic heterocycles. The highest BCUT2D eigenvalue weighted by molar-refractivity contribution is 7.92. The number of hydrogen-bond acceptors (Lipinski definition) is 6. The Hall–Kier alpha value is -4.37. The van der Waals surface area contributed by atoms with Gasteiger partial charge in [-0.3, -0.25) is 0 Å². The average Bonchev–Trinajstić information content (AvgIpc) is 3.06. The molecule has 0 saturated heterocycles. The maximum absolute atomic E-state index is 13.8. The minimum Gasteiger partial charge on any atom is -0.497 e. The van der Waals surface area contributed by atoms with Crippen LogP contribution in [-0.2, 0) is 27.8 Å². The number of hydrogen-bond donors (Lipinski definition) is 0. The number of pyridine rings is 1. The van der Waals surface area contributed by atoms with E-state index in [9.17, 15) is 13.2 Å². The summed E-state index contributed by atoms with van der Waals surface area (Å²) >= 11 is 0. The molecule has 46 heavy (non-hydrogen) atoms. The van der Waals surface area contributed by atoms with Gasteiger partial charge in [-0.2, -0.15) is 0 Å². The number of rotatable bonds is 10. The summed E-state index contributed by atoms with van der Waals surface area (Å²) in [5.41, 5.74) is 3.36. The van der Waals surface area contributed by atoms with Crippen LogP contribution in [0.4, 0.5) is 10.6 Å². The summed E-state index contributed by atoms with van der Waals surface area (Å²) in [5, 5.41) is 0. The number of sulfonamides is 1. The Bertz CT molecular complexity index is 1680. The number of carbonyl (C=O) groups is 1. The number of amides is 1. The fourth-order valence-electron chi connectivity index (χ4n) is 5.69. The molecule has 4 aromatic rings. The number of anilines is 1. The summed E-state index contributed by atoms with van der Waals surface area (Å²) < 4.78 is 39.8. The van der Waals surface area contributed by atoms with Crippen molar-refractivity contribution >= 4 is 21.9 Å². The summed E-state index contributed by atoms with van der Waals surface area (Å²) in [6.45, 7) is 6.33. The normalized spacial score (nSPS) is 14.0. The van der Waals surface area contributed by atoms with E-state index in [-0.39, 0.29) is 23.6 Å². The minimum atomic E-state index is -3.90. The van der Waals surface area contributed by atoms with Gasteiger partial charge in [0, 0.05) is 18.8 Å². The van der Waals surface area contributed by atoms with Gasteiger partial charge in [0.25, 0.3) is 10.0 Å². The van der Waals surface area contributed by atoms with E-state index in [0.717, 1.165) is 47.9 Å². The summed E-state index contributed by atoms with van der Waals surface area (Å²) in [4.78, 5) is 19.6. The van der Waals surface area contributed by atoms with Crippen molar-refractivity contribution in [3.8, 4) is 16.9 Å². The molecule has 9 heteroatoms. The van der Waals surface area contributed by atoms with Gasteiger partial charge in [0.05, 0.1) is 18.6 Å². The molecule has 242 valence electrons. The van der Waals surface area contributed by atoms with Gasteiger partial charge in [-0.05, 0) is 92.3 Å². The summed E-state index contributed by atoms with van der Waals surface area (Å²) in [5.74, 6) is 0.920. The second-order valence-electron chi connectivity index (χ2n) is 12.7. The Kier molecular flexibility index (Phi) is 10.3. The monoisotopic (exact) mass is 641 g/mol. The van der Waals surface area contributed by atoms with Gasteiger partial charge < -0.3 is 14.4 Å². The standard InChI is InChI=1S/C37H43N3O5S/c1-37(2,3)45-36(41)39(32-10-6-5-7-11-32)26-28-13-17-30(18-14-28)31-19-15-29(16-20-31)27-40(35-12-8-9-25-38-35)46(42,43)34-23-21-33(44-4)22-24-34/h8-9,12-25,32H,5-7,10-11,26-27H2,1-4H3. The molecular weight excluding hydrogens is 598 g/mol. The van der Waals surface area contributed by atoms with Gasteiger partial charge in [0.15, 0.2) is 0 Å². The molecule has 0 aliphatic heterocycles. The zero-order valence-corrected chi connectivity index (χ0v) is 27.9. The fraction of sp³-hybridized carbons (Fsp3) is 0.351. The Morgan fingerprint density at radius 2 is 1.39 bits per heavy atom. The SMILES string of the molecule is COc1ccc(S(=O)(=O)N(Cc2ccc(-c3ccc(CN(C(=O)OC(C)(C)C)C4CCCCC4)cc3)cc2)c2ccccn2)cc1. The van der Waals surface area contributed by atoms with Gasteiger partial charge in [0.1, 0.15) is 17.2 Å². The molecule has 1 aliphatic carbocycles. The molecule has 0 bridgehead atoms. The van der Waals surface area contributed by atoms with Crippen LogP contribution in [0.5, 0.6) is 5.75 Å². The average molecular weight is 642 g/mol. The highest BCUT2D eigenvalue weighted by Crippen LogP contribution is 2.29. The number of benzene rings is 3. The molecule has 0 unspecified atom stereocenters. The third-order valence-corrected chi connectivity index (χ3v) is 9.88. The van der Waals surface area contributed by atoms with Crippen LogP contribution in [0.15, 0.2) is 102 Å². The number of aromatic nitrogens is 1. The van der Waals surface area contributed by atoms with E-state index in [1.54, 1.807) is 55.8 Å². The van der Waals surface area contributed by atoms with Crippen LogP contribution < -0.4 is 9.04 Å². The first-order valence-corrected chi connectivity index (χ1v) is 17.2. The predicted molar refractivity (Wildman–Crippen MR) is 181 cm³/mol. The van der Waals surface area contributed by atoms with Crippen molar-refractivity contribution in [3.63, 3.8) is 0 Å². The van der Waals surface area contributed by atoms with Gasteiger partial charge >= 0.3 is 6.09 Å². The van der Waals surface area contributed by atoms with Crippen LogP contribution in [0.1, 0.15) is 64.0 Å². The smallest absolute Gasteiger partial charge is 0.410 e. The van der Waals surface area contributed by atoms with Crippen molar-refractivity contribution in [1.29, 1.82) is 0 Å². The predicted octanol–water partition coefficient (Wildman–Crippen LogP) is 8.22. The molecule has 1 amide bonds. The van der Waals surface area contributed by atoms with Gasteiger partial charge in [-0.25, -0.2) is 22.5 Å². The molecule has 1 saturated carbocycles. The van der Waals surface area contributed by atoms with Crippen LogP contribution >= 0.6 is 0 Å². The van der Waals surface area contributed by atoms with E-state index < -0.39 is 15.6 Å². The second kappa shape index (κ2) is 14.4. The third kappa shape index (κ3) is 8.26. The van der Waals surface area contributed by atoms with Gasteiger partial charge in [0.2, 0.25) is 0 Å². The number of ether oxygens (including phenoxy) is 2. The largest absolute Gasteiger partial charge is 0.497 e. The molecule has 1 aliphatic rings. The van der Waals surface area contributed by atoms with Gasteiger partial charge in [-0.1, -0.05) is 73.9 Å². The zero-order valence-electron chi connectivity index (χ0n) is 27.1. The Labute approximate surface area is 273 Å². The van der Waals surface area contributed by atoms with E-state index in [0.29, 0.717) is 18.1 Å². The first-order valence-electron chi connectivity index (χ1n) is 15.8. The van der Waals surface area contributed by atoms with E-state index in [1.807, 2.05) is 49.9 Å². The van der Waals surface area contributed by atoms with Crippen LogP contribution in [0, 0.1) is 0 Å². The molecule has 0 atom stereocenters.